The molecule has 1 aliphatic carbocycles. The molecular formula is C26H26N2O4S. The maximum atomic E-state index is 13.7. The van der Waals surface area contributed by atoms with E-state index in [-0.39, 0.29) is 22.8 Å². The number of unbranched alkanes of at least 4 members (excludes halogenated alkanes) is 4. The number of nitrogens with zero attached hydrogens (tertiary/aromatic N) is 2. The average Bonchev–Trinajstić information content (AvgIpc) is 3.20. The van der Waals surface area contributed by atoms with E-state index in [0.29, 0.717) is 28.5 Å². The quantitative estimate of drug-likeness (QED) is 0.558. The fourth-order valence-electron chi connectivity index (χ4n) is 4.83. The van der Waals surface area contributed by atoms with Crippen molar-refractivity contribution < 1.29 is 19.4 Å². The van der Waals surface area contributed by atoms with Gasteiger partial charge in [-0.3, -0.25) is 14.5 Å². The monoisotopic (exact) mass is 462 g/mol. The zero-order valence-electron chi connectivity index (χ0n) is 18.8. The zero-order valence-corrected chi connectivity index (χ0v) is 19.6. The molecule has 0 radical (unpaired) electrons. The summed E-state index contributed by atoms with van der Waals surface area (Å²) in [5.41, 5.74) is -0.0620. The van der Waals surface area contributed by atoms with Crippen LogP contribution in [0.3, 0.4) is 0 Å². The number of ether oxygens (including phenoxy) is 1. The van der Waals surface area contributed by atoms with Crippen molar-refractivity contribution in [2.24, 2.45) is 4.99 Å². The molecule has 0 saturated carbocycles. The minimum Gasteiger partial charge on any atom is -0.497 e. The van der Waals surface area contributed by atoms with Crippen molar-refractivity contribution in [3.63, 3.8) is 0 Å². The number of aliphatic imine (C=N–C) groups is 1. The van der Waals surface area contributed by atoms with Crippen molar-refractivity contribution in [1.82, 2.24) is 0 Å². The highest BCUT2D eigenvalue weighted by atomic mass is 32.2. The number of carbonyl (C=O) groups excluding carboxylic acids is 2. The lowest BCUT2D eigenvalue weighted by Gasteiger charge is -2.43. The predicted molar refractivity (Wildman–Crippen MR) is 129 cm³/mol. The third-order valence-corrected chi connectivity index (χ3v) is 7.51. The van der Waals surface area contributed by atoms with E-state index in [1.165, 1.54) is 11.8 Å². The number of carbonyl (C=O) groups is 2. The molecule has 3 aliphatic rings. The molecule has 0 amide bonds. The number of anilines is 1. The Bertz CT molecular complexity index is 1220. The van der Waals surface area contributed by atoms with Crippen molar-refractivity contribution in [1.29, 1.82) is 0 Å². The summed E-state index contributed by atoms with van der Waals surface area (Å²) in [6, 6.07) is 12.4. The third kappa shape index (κ3) is 3.42. The van der Waals surface area contributed by atoms with Crippen molar-refractivity contribution in [3.05, 3.63) is 64.9 Å². The number of rotatable bonds is 7. The van der Waals surface area contributed by atoms with Crippen molar-refractivity contribution in [2.45, 2.75) is 56.1 Å². The first-order valence-electron chi connectivity index (χ1n) is 11.4. The van der Waals surface area contributed by atoms with E-state index in [2.05, 4.69) is 11.9 Å². The number of Topliss-reactive ketones (excluding diaryl/α,β-unsaturated/α-hetero) is 2. The number of hydrogen-bond donors (Lipinski definition) is 1. The number of amidine groups is 1. The lowest BCUT2D eigenvalue weighted by Crippen LogP contribution is -2.56. The Labute approximate surface area is 197 Å². The molecule has 170 valence electrons. The number of methoxy groups -OCH3 is 1. The average molecular weight is 463 g/mol. The van der Waals surface area contributed by atoms with E-state index < -0.39 is 5.72 Å². The van der Waals surface area contributed by atoms with Gasteiger partial charge >= 0.3 is 0 Å². The zero-order chi connectivity index (χ0) is 23.2. The fraction of sp³-hybridized carbons (Fsp3) is 0.346. The molecule has 2 aromatic rings. The van der Waals surface area contributed by atoms with Crippen LogP contribution in [0.25, 0.3) is 0 Å². The van der Waals surface area contributed by atoms with Gasteiger partial charge in [-0.1, -0.05) is 56.9 Å². The van der Waals surface area contributed by atoms with E-state index in [9.17, 15) is 14.7 Å². The molecule has 2 heterocycles. The van der Waals surface area contributed by atoms with Crippen LogP contribution < -0.4 is 9.64 Å². The summed E-state index contributed by atoms with van der Waals surface area (Å²) in [5, 5.41) is 12.8. The Kier molecular flexibility index (Phi) is 5.62. The van der Waals surface area contributed by atoms with Gasteiger partial charge in [-0.2, -0.15) is 0 Å². The van der Waals surface area contributed by atoms with Gasteiger partial charge in [0.1, 0.15) is 11.4 Å². The molecule has 2 aromatic carbocycles. The van der Waals surface area contributed by atoms with E-state index in [0.717, 1.165) is 42.7 Å². The van der Waals surface area contributed by atoms with Crippen LogP contribution in [0.15, 0.2) is 63.6 Å². The first-order chi connectivity index (χ1) is 16.0. The predicted octanol–water partition coefficient (Wildman–Crippen LogP) is 5.36. The highest BCUT2D eigenvalue weighted by Gasteiger charge is 2.54. The van der Waals surface area contributed by atoms with E-state index in [1.54, 1.807) is 36.3 Å². The highest BCUT2D eigenvalue weighted by Crippen LogP contribution is 2.52. The van der Waals surface area contributed by atoms with Crippen LogP contribution >= 0.6 is 11.8 Å². The Morgan fingerprint density at radius 1 is 1.03 bits per heavy atom. The van der Waals surface area contributed by atoms with Gasteiger partial charge in [-0.15, -0.1) is 0 Å². The molecule has 1 N–H and O–H groups in total. The summed E-state index contributed by atoms with van der Waals surface area (Å²) in [6.45, 7) is 2.16. The van der Waals surface area contributed by atoms with Gasteiger partial charge in [-0.05, 0) is 36.4 Å². The van der Waals surface area contributed by atoms with Gasteiger partial charge in [0.25, 0.3) is 0 Å². The molecule has 1 atom stereocenters. The topological polar surface area (TPSA) is 79.2 Å². The van der Waals surface area contributed by atoms with Gasteiger partial charge in [0.15, 0.2) is 16.7 Å². The summed E-state index contributed by atoms with van der Waals surface area (Å²) in [4.78, 5) is 34.3. The first-order valence-corrected chi connectivity index (χ1v) is 12.2. The Morgan fingerprint density at radius 2 is 1.76 bits per heavy atom. The largest absolute Gasteiger partial charge is 0.497 e. The second-order valence-corrected chi connectivity index (χ2v) is 9.58. The minimum atomic E-state index is -1.65. The van der Waals surface area contributed by atoms with Crippen molar-refractivity contribution in [2.75, 3.05) is 12.0 Å². The fourth-order valence-corrected chi connectivity index (χ4v) is 5.94. The van der Waals surface area contributed by atoms with Crippen LogP contribution in [0.2, 0.25) is 0 Å². The SMILES string of the molecule is CCCCCCCC1(O)C2=C(N=C3Sc4cc(OC)ccc4N31)C(=O)c1ccccc1C2=O. The van der Waals surface area contributed by atoms with Crippen LogP contribution in [0, 0.1) is 0 Å². The second kappa shape index (κ2) is 8.47. The maximum Gasteiger partial charge on any atom is 0.212 e. The van der Waals surface area contributed by atoms with Gasteiger partial charge in [0.05, 0.1) is 18.4 Å². The molecule has 6 nitrogen and oxygen atoms in total. The van der Waals surface area contributed by atoms with Crippen LogP contribution in [0.5, 0.6) is 5.75 Å². The number of fused-ring (bicyclic) bond motifs is 4. The summed E-state index contributed by atoms with van der Waals surface area (Å²) in [5.74, 6) is 0.0546. The van der Waals surface area contributed by atoms with Gasteiger partial charge < -0.3 is 9.84 Å². The normalized spacial score (nSPS) is 20.8. The number of aliphatic hydroxyl groups is 1. The molecule has 5 rings (SSSR count). The van der Waals surface area contributed by atoms with E-state index in [4.69, 9.17) is 4.74 Å². The summed E-state index contributed by atoms with van der Waals surface area (Å²) >= 11 is 1.38. The molecule has 7 heteroatoms. The number of ketones is 2. The Balaban J connectivity index is 1.62. The van der Waals surface area contributed by atoms with Crippen LogP contribution in [-0.4, -0.2) is 34.7 Å². The molecule has 0 spiro atoms. The summed E-state index contributed by atoms with van der Waals surface area (Å²) < 4.78 is 5.37. The van der Waals surface area contributed by atoms with Crippen LogP contribution in [0.4, 0.5) is 5.69 Å². The minimum absolute atomic E-state index is 0.0632. The lowest BCUT2D eigenvalue weighted by atomic mass is 9.79. The van der Waals surface area contributed by atoms with Crippen molar-refractivity contribution >= 4 is 34.2 Å². The van der Waals surface area contributed by atoms with Gasteiger partial charge in [-0.25, -0.2) is 4.99 Å². The maximum absolute atomic E-state index is 13.7. The number of benzene rings is 2. The highest BCUT2D eigenvalue weighted by molar-refractivity contribution is 8.14. The smallest absolute Gasteiger partial charge is 0.212 e. The molecular weight excluding hydrogens is 436 g/mol. The summed E-state index contributed by atoms with van der Waals surface area (Å²) in [6.07, 6.45) is 5.33. The van der Waals surface area contributed by atoms with Gasteiger partial charge in [0, 0.05) is 22.4 Å². The third-order valence-electron chi connectivity index (χ3n) is 6.50. The molecule has 0 aromatic heterocycles. The number of thioether (sulfide) groups is 1. The van der Waals surface area contributed by atoms with Crippen molar-refractivity contribution in [3.8, 4) is 5.75 Å². The first kappa shape index (κ1) is 21.9. The van der Waals surface area contributed by atoms with E-state index in [1.807, 2.05) is 18.2 Å². The number of allylic oxidation sites excluding steroid dienone is 1. The second-order valence-electron chi connectivity index (χ2n) is 8.57. The van der Waals surface area contributed by atoms with Crippen LogP contribution in [0.1, 0.15) is 66.2 Å². The Morgan fingerprint density at radius 3 is 2.48 bits per heavy atom. The molecule has 0 fully saturated rings. The molecule has 0 bridgehead atoms. The molecule has 33 heavy (non-hydrogen) atoms. The van der Waals surface area contributed by atoms with Gasteiger partial charge in [0.2, 0.25) is 5.78 Å². The van der Waals surface area contributed by atoms with Crippen LogP contribution in [-0.2, 0) is 0 Å². The standard InChI is InChI=1S/C26H26N2O4S/c1-3-4-5-6-9-14-26(31)21-22(24(30)18-11-8-7-10-17(18)23(21)29)27-25-28(26)19-13-12-16(32-2)15-20(19)33-25/h7-8,10-13,15,31H,3-6,9,14H2,1-2H3. The summed E-state index contributed by atoms with van der Waals surface area (Å²) in [7, 11) is 1.60. The molecule has 2 aliphatic heterocycles. The molecule has 0 saturated heterocycles. The lowest BCUT2D eigenvalue weighted by molar-refractivity contribution is 0.0612. The molecule has 1 unspecified atom stereocenters. The van der Waals surface area contributed by atoms with E-state index >= 15 is 0 Å². The Hall–Kier alpha value is -2.90. The number of hydrogen-bond acceptors (Lipinski definition) is 7.